The van der Waals surface area contributed by atoms with E-state index in [-0.39, 0.29) is 6.10 Å². The van der Waals surface area contributed by atoms with Gasteiger partial charge < -0.3 is 19.1 Å². The number of hydrogen-bond donors (Lipinski definition) is 0. The van der Waals surface area contributed by atoms with Gasteiger partial charge in [-0.1, -0.05) is 11.6 Å². The molecule has 1 aliphatic rings. The first-order chi connectivity index (χ1) is 13.8. The Morgan fingerprint density at radius 3 is 2.62 bits per heavy atom. The van der Waals surface area contributed by atoms with Crippen molar-refractivity contribution in [3.8, 4) is 16.5 Å². The fourth-order valence-corrected chi connectivity index (χ4v) is 4.20. The average Bonchev–Trinajstić information content (AvgIpc) is 3.14. The van der Waals surface area contributed by atoms with Gasteiger partial charge in [0.05, 0.1) is 28.1 Å². The zero-order valence-corrected chi connectivity index (χ0v) is 18.7. The monoisotopic (exact) mass is 439 g/mol. The molecule has 9 heteroatoms. The number of carbonyl (C=O) groups is 1. The van der Waals surface area contributed by atoms with Crippen LogP contribution in [0.3, 0.4) is 0 Å². The summed E-state index contributed by atoms with van der Waals surface area (Å²) < 4.78 is 17.2. The number of methoxy groups -OCH3 is 1. The molecule has 158 valence electrons. The third-order valence-electron chi connectivity index (χ3n) is 4.68. The molecule has 0 unspecified atom stereocenters. The molecule has 1 saturated heterocycles. The molecule has 0 N–H and O–H groups in total. The van der Waals surface area contributed by atoms with Gasteiger partial charge in [-0.2, -0.15) is 4.98 Å². The van der Waals surface area contributed by atoms with Crippen molar-refractivity contribution in [1.82, 2.24) is 9.97 Å². The van der Waals surface area contributed by atoms with Gasteiger partial charge in [-0.25, -0.2) is 9.78 Å². The Kier molecular flexibility index (Phi) is 6.97. The van der Waals surface area contributed by atoms with Crippen LogP contribution in [0.15, 0.2) is 18.2 Å². The highest BCUT2D eigenvalue weighted by Gasteiger charge is 2.32. The molecular weight excluding hydrogens is 414 g/mol. The lowest BCUT2D eigenvalue weighted by Gasteiger charge is -2.32. The number of nitrogens with zero attached hydrogens (tertiary/aromatic N) is 3. The van der Waals surface area contributed by atoms with E-state index >= 15 is 0 Å². The molecule has 0 radical (unpaired) electrons. The molecular formula is C20H26ClN3O4S. The summed E-state index contributed by atoms with van der Waals surface area (Å²) in [5.41, 5.74) is -0.471. The number of carbonyl (C=O) groups excluding carboxylic acids is 1. The van der Waals surface area contributed by atoms with Crippen LogP contribution in [0.5, 0.6) is 5.88 Å². The van der Waals surface area contributed by atoms with Gasteiger partial charge in [-0.15, -0.1) is 11.3 Å². The number of ether oxygens (including phenoxy) is 3. The van der Waals surface area contributed by atoms with Gasteiger partial charge in [-0.3, -0.25) is 0 Å². The maximum atomic E-state index is 12.1. The molecule has 0 spiro atoms. The van der Waals surface area contributed by atoms with E-state index in [1.54, 1.807) is 19.9 Å². The van der Waals surface area contributed by atoms with E-state index in [0.717, 1.165) is 37.4 Å². The normalized spacial score (nSPS) is 15.4. The van der Waals surface area contributed by atoms with E-state index < -0.39 is 11.6 Å². The smallest absolute Gasteiger partial charge is 0.349 e. The summed E-state index contributed by atoms with van der Waals surface area (Å²) in [7, 11) is 1.33. The Labute approximate surface area is 180 Å². The summed E-state index contributed by atoms with van der Waals surface area (Å²) in [5.74, 6) is 0.408. The largest absolute Gasteiger partial charge is 0.466 e. The minimum atomic E-state index is -1.17. The quantitative estimate of drug-likeness (QED) is 0.598. The topological polar surface area (TPSA) is 73.8 Å². The second kappa shape index (κ2) is 9.28. The van der Waals surface area contributed by atoms with Gasteiger partial charge >= 0.3 is 5.97 Å². The molecule has 0 bridgehead atoms. The number of hydrogen-bond acceptors (Lipinski definition) is 8. The average molecular weight is 440 g/mol. The SMILES string of the molecule is CCOC1CCN(c2nc(OC(C)(C)C(=O)OC)cc(-c3ccc(Cl)s3)n2)CC1. The fraction of sp³-hybridized carbons (Fsp3) is 0.550. The molecule has 3 rings (SSSR count). The summed E-state index contributed by atoms with van der Waals surface area (Å²) in [4.78, 5) is 24.4. The number of esters is 1. The summed E-state index contributed by atoms with van der Waals surface area (Å²) in [6.07, 6.45) is 2.09. The van der Waals surface area contributed by atoms with Crippen molar-refractivity contribution in [2.45, 2.75) is 45.3 Å². The maximum absolute atomic E-state index is 12.1. The highest BCUT2D eigenvalue weighted by atomic mass is 35.5. The van der Waals surface area contributed by atoms with Gasteiger partial charge in [0.15, 0.2) is 0 Å². The number of anilines is 1. The highest BCUT2D eigenvalue weighted by Crippen LogP contribution is 2.33. The van der Waals surface area contributed by atoms with E-state index in [0.29, 0.717) is 21.9 Å². The van der Waals surface area contributed by atoms with Gasteiger partial charge in [-0.05, 0) is 45.7 Å². The van der Waals surface area contributed by atoms with Crippen LogP contribution in [-0.4, -0.2) is 54.4 Å². The van der Waals surface area contributed by atoms with Crippen molar-refractivity contribution in [2.24, 2.45) is 0 Å². The van der Waals surface area contributed by atoms with Crippen LogP contribution < -0.4 is 9.64 Å². The van der Waals surface area contributed by atoms with Crippen LogP contribution in [0.2, 0.25) is 4.34 Å². The van der Waals surface area contributed by atoms with Crippen LogP contribution in [-0.2, 0) is 14.3 Å². The predicted octanol–water partition coefficient (Wildman–Crippen LogP) is 4.19. The number of thiophene rings is 1. The van der Waals surface area contributed by atoms with Gasteiger partial charge in [0.2, 0.25) is 17.4 Å². The third kappa shape index (κ3) is 5.38. The van der Waals surface area contributed by atoms with E-state index in [1.165, 1.54) is 18.4 Å². The molecule has 0 amide bonds. The zero-order valence-electron chi connectivity index (χ0n) is 17.1. The van der Waals surface area contributed by atoms with Crippen molar-refractivity contribution < 1.29 is 19.0 Å². The maximum Gasteiger partial charge on any atom is 0.349 e. The first-order valence-corrected chi connectivity index (χ1v) is 10.8. The predicted molar refractivity (Wildman–Crippen MR) is 114 cm³/mol. The summed E-state index contributed by atoms with van der Waals surface area (Å²) in [6, 6.07) is 5.47. The second-order valence-electron chi connectivity index (χ2n) is 7.24. The molecule has 3 heterocycles. The number of halogens is 1. The number of aromatic nitrogens is 2. The highest BCUT2D eigenvalue weighted by molar-refractivity contribution is 7.19. The molecule has 0 aromatic carbocycles. The van der Waals surface area contributed by atoms with Gasteiger partial charge in [0, 0.05) is 25.8 Å². The summed E-state index contributed by atoms with van der Waals surface area (Å²) in [5, 5.41) is 0. The van der Waals surface area contributed by atoms with Crippen molar-refractivity contribution in [1.29, 1.82) is 0 Å². The molecule has 0 atom stereocenters. The van der Waals surface area contributed by atoms with Crippen LogP contribution in [0, 0.1) is 0 Å². The number of rotatable bonds is 7. The zero-order chi connectivity index (χ0) is 21.0. The Bertz CT molecular complexity index is 850. The van der Waals surface area contributed by atoms with Gasteiger partial charge in [0.1, 0.15) is 0 Å². The van der Waals surface area contributed by atoms with Crippen molar-refractivity contribution in [2.75, 3.05) is 31.7 Å². The summed E-state index contributed by atoms with van der Waals surface area (Å²) >= 11 is 7.54. The van der Waals surface area contributed by atoms with Crippen LogP contribution >= 0.6 is 22.9 Å². The minimum absolute atomic E-state index is 0.268. The fourth-order valence-electron chi connectivity index (χ4n) is 3.19. The van der Waals surface area contributed by atoms with E-state index in [4.69, 9.17) is 30.8 Å². The van der Waals surface area contributed by atoms with Crippen molar-refractivity contribution >= 4 is 34.9 Å². The molecule has 1 fully saturated rings. The Morgan fingerprint density at radius 2 is 2.03 bits per heavy atom. The Morgan fingerprint density at radius 1 is 1.31 bits per heavy atom. The Balaban J connectivity index is 1.90. The third-order valence-corrected chi connectivity index (χ3v) is 5.93. The van der Waals surface area contributed by atoms with E-state index in [9.17, 15) is 4.79 Å². The molecule has 0 aliphatic carbocycles. The van der Waals surface area contributed by atoms with Crippen LogP contribution in [0.4, 0.5) is 5.95 Å². The van der Waals surface area contributed by atoms with E-state index in [2.05, 4.69) is 9.88 Å². The lowest BCUT2D eigenvalue weighted by molar-refractivity contribution is -0.156. The summed E-state index contributed by atoms with van der Waals surface area (Å²) in [6.45, 7) is 7.61. The van der Waals surface area contributed by atoms with Crippen molar-refractivity contribution in [3.63, 3.8) is 0 Å². The first kappa shape index (κ1) is 21.8. The molecule has 1 aliphatic heterocycles. The molecule has 29 heavy (non-hydrogen) atoms. The molecule has 2 aromatic rings. The second-order valence-corrected chi connectivity index (χ2v) is 8.96. The number of piperidine rings is 1. The van der Waals surface area contributed by atoms with Crippen LogP contribution in [0.25, 0.3) is 10.6 Å². The molecule has 7 nitrogen and oxygen atoms in total. The lowest BCUT2D eigenvalue weighted by atomic mass is 10.1. The minimum Gasteiger partial charge on any atom is -0.466 e. The van der Waals surface area contributed by atoms with Crippen molar-refractivity contribution in [3.05, 3.63) is 22.5 Å². The standard InChI is InChI=1S/C20H26ClN3O4S/c1-5-27-13-8-10-24(11-9-13)19-22-14(15-6-7-16(21)29-15)12-17(23-19)28-20(2,3)18(25)26-4/h6-7,12-13H,5,8-11H2,1-4H3. The molecule has 0 saturated carbocycles. The molecule has 2 aromatic heterocycles. The van der Waals surface area contributed by atoms with Crippen LogP contribution in [0.1, 0.15) is 33.6 Å². The lowest BCUT2D eigenvalue weighted by Crippen LogP contribution is -2.40. The van der Waals surface area contributed by atoms with Gasteiger partial charge in [0.25, 0.3) is 0 Å². The first-order valence-electron chi connectivity index (χ1n) is 9.61. The van der Waals surface area contributed by atoms with E-state index in [1.807, 2.05) is 19.1 Å². The Hall–Kier alpha value is -1.90.